The Morgan fingerprint density at radius 1 is 0.920 bits per heavy atom. The third-order valence-corrected chi connectivity index (χ3v) is 5.03. The van der Waals surface area contributed by atoms with Crippen molar-refractivity contribution in [3.63, 3.8) is 0 Å². The van der Waals surface area contributed by atoms with Crippen molar-refractivity contribution in [2.45, 2.75) is 10.9 Å². The van der Waals surface area contributed by atoms with Gasteiger partial charge >= 0.3 is 0 Å². The van der Waals surface area contributed by atoms with Gasteiger partial charge in [-0.05, 0) is 23.8 Å². The molecule has 5 nitrogen and oxygen atoms in total. The van der Waals surface area contributed by atoms with Crippen LogP contribution in [0.4, 0.5) is 0 Å². The molecule has 4 aromatic rings. The average Bonchev–Trinajstić information content (AvgIpc) is 3.31. The maximum Gasteiger partial charge on any atom is 0.191 e. The lowest BCUT2D eigenvalue weighted by Crippen LogP contribution is -1.96. The fraction of sp³-hybridized carbons (Fsp3) is 0.105. The van der Waals surface area contributed by atoms with Crippen LogP contribution in [0.2, 0.25) is 0 Å². The van der Waals surface area contributed by atoms with E-state index in [9.17, 15) is 0 Å². The zero-order valence-electron chi connectivity index (χ0n) is 13.8. The van der Waals surface area contributed by atoms with Crippen LogP contribution in [-0.4, -0.2) is 24.5 Å². The minimum absolute atomic E-state index is 0.847. The second-order valence-electron chi connectivity index (χ2n) is 5.64. The first-order valence-corrected chi connectivity index (χ1v) is 8.96. The van der Waals surface area contributed by atoms with Gasteiger partial charge in [0.2, 0.25) is 0 Å². The summed E-state index contributed by atoms with van der Waals surface area (Å²) in [6.07, 6.45) is 3.72. The van der Waals surface area contributed by atoms with Crippen molar-refractivity contribution in [1.82, 2.24) is 24.5 Å². The van der Waals surface area contributed by atoms with Gasteiger partial charge in [0, 0.05) is 30.8 Å². The fourth-order valence-corrected chi connectivity index (χ4v) is 3.46. The topological polar surface area (TPSA) is 48.5 Å². The monoisotopic (exact) mass is 347 g/mol. The van der Waals surface area contributed by atoms with Crippen LogP contribution in [0.3, 0.4) is 0 Å². The van der Waals surface area contributed by atoms with E-state index in [2.05, 4.69) is 39.6 Å². The van der Waals surface area contributed by atoms with Gasteiger partial charge in [-0.2, -0.15) is 5.10 Å². The summed E-state index contributed by atoms with van der Waals surface area (Å²) in [4.78, 5) is 0. The SMILES string of the molecule is Cn1c(SCc2ccc(-n3cccn3)cc2)nnc1-c1ccccc1. The summed E-state index contributed by atoms with van der Waals surface area (Å²) in [5.41, 5.74) is 3.38. The van der Waals surface area contributed by atoms with Crippen molar-refractivity contribution >= 4 is 11.8 Å². The van der Waals surface area contributed by atoms with Crippen LogP contribution in [0.25, 0.3) is 17.1 Å². The maximum atomic E-state index is 4.33. The van der Waals surface area contributed by atoms with E-state index in [1.807, 2.05) is 58.9 Å². The van der Waals surface area contributed by atoms with E-state index in [4.69, 9.17) is 0 Å². The Morgan fingerprint density at radius 2 is 1.72 bits per heavy atom. The highest BCUT2D eigenvalue weighted by Crippen LogP contribution is 2.25. The summed E-state index contributed by atoms with van der Waals surface area (Å²) in [5.74, 6) is 1.73. The molecule has 0 saturated carbocycles. The molecule has 0 aliphatic carbocycles. The summed E-state index contributed by atoms with van der Waals surface area (Å²) in [5, 5.41) is 13.8. The van der Waals surface area contributed by atoms with Crippen molar-refractivity contribution in [2.75, 3.05) is 0 Å². The smallest absolute Gasteiger partial charge is 0.191 e. The quantitative estimate of drug-likeness (QED) is 0.513. The lowest BCUT2D eigenvalue weighted by atomic mass is 10.2. The highest BCUT2D eigenvalue weighted by molar-refractivity contribution is 7.98. The van der Waals surface area contributed by atoms with Gasteiger partial charge in [0.05, 0.1) is 5.69 Å². The zero-order chi connectivity index (χ0) is 17.1. The highest BCUT2D eigenvalue weighted by atomic mass is 32.2. The van der Waals surface area contributed by atoms with Gasteiger partial charge in [0.1, 0.15) is 0 Å². The molecular formula is C19H17N5S. The second-order valence-corrected chi connectivity index (χ2v) is 6.58. The molecule has 0 aliphatic rings. The Kier molecular flexibility index (Phi) is 4.35. The van der Waals surface area contributed by atoms with Crippen LogP contribution < -0.4 is 0 Å². The normalized spacial score (nSPS) is 10.9. The number of nitrogens with zero attached hydrogens (tertiary/aromatic N) is 5. The maximum absolute atomic E-state index is 4.33. The first-order chi connectivity index (χ1) is 12.3. The minimum Gasteiger partial charge on any atom is -0.305 e. The third-order valence-electron chi connectivity index (χ3n) is 3.94. The molecule has 2 aromatic carbocycles. The van der Waals surface area contributed by atoms with Crippen LogP contribution in [0.15, 0.2) is 78.2 Å². The molecule has 4 rings (SSSR count). The molecule has 2 aromatic heterocycles. The summed E-state index contributed by atoms with van der Waals surface area (Å²) < 4.78 is 3.89. The van der Waals surface area contributed by atoms with Crippen LogP contribution >= 0.6 is 11.8 Å². The van der Waals surface area contributed by atoms with Gasteiger partial charge < -0.3 is 4.57 Å². The van der Waals surface area contributed by atoms with Crippen LogP contribution in [-0.2, 0) is 12.8 Å². The van der Waals surface area contributed by atoms with E-state index < -0.39 is 0 Å². The molecule has 124 valence electrons. The molecular weight excluding hydrogens is 330 g/mol. The second kappa shape index (κ2) is 6.94. The minimum atomic E-state index is 0.847. The molecule has 0 aliphatic heterocycles. The first kappa shape index (κ1) is 15.7. The fourth-order valence-electron chi connectivity index (χ4n) is 2.59. The molecule has 25 heavy (non-hydrogen) atoms. The molecule has 0 unspecified atom stereocenters. The van der Waals surface area contributed by atoms with Gasteiger partial charge in [-0.3, -0.25) is 0 Å². The third kappa shape index (κ3) is 3.34. The van der Waals surface area contributed by atoms with Gasteiger partial charge in [0.25, 0.3) is 0 Å². The number of aromatic nitrogens is 5. The number of thioether (sulfide) groups is 1. The summed E-state index contributed by atoms with van der Waals surface area (Å²) in [6, 6.07) is 20.4. The van der Waals surface area contributed by atoms with Gasteiger partial charge in [-0.15, -0.1) is 10.2 Å². The average molecular weight is 347 g/mol. The van der Waals surface area contributed by atoms with Crippen molar-refractivity contribution in [3.8, 4) is 17.1 Å². The van der Waals surface area contributed by atoms with E-state index in [0.29, 0.717) is 0 Å². The van der Waals surface area contributed by atoms with E-state index in [1.54, 1.807) is 18.0 Å². The number of benzene rings is 2. The Morgan fingerprint density at radius 3 is 2.44 bits per heavy atom. The molecule has 6 heteroatoms. The Bertz CT molecular complexity index is 943. The molecule has 0 spiro atoms. The lowest BCUT2D eigenvalue weighted by molar-refractivity contribution is 0.794. The van der Waals surface area contributed by atoms with Crippen molar-refractivity contribution < 1.29 is 0 Å². The van der Waals surface area contributed by atoms with Crippen LogP contribution in [0.1, 0.15) is 5.56 Å². The Balaban J connectivity index is 1.46. The number of hydrogen-bond acceptors (Lipinski definition) is 4. The zero-order valence-corrected chi connectivity index (χ0v) is 14.6. The van der Waals surface area contributed by atoms with Crippen molar-refractivity contribution in [2.24, 2.45) is 7.05 Å². The van der Waals surface area contributed by atoms with E-state index in [-0.39, 0.29) is 0 Å². The highest BCUT2D eigenvalue weighted by Gasteiger charge is 2.11. The van der Waals surface area contributed by atoms with E-state index in [1.165, 1.54) is 5.56 Å². The van der Waals surface area contributed by atoms with Crippen molar-refractivity contribution in [1.29, 1.82) is 0 Å². The Hall–Kier alpha value is -2.86. The van der Waals surface area contributed by atoms with Gasteiger partial charge in [-0.25, -0.2) is 4.68 Å². The van der Waals surface area contributed by atoms with E-state index in [0.717, 1.165) is 28.0 Å². The summed E-state index contributed by atoms with van der Waals surface area (Å²) >= 11 is 1.69. The molecule has 0 saturated heterocycles. The van der Waals surface area contributed by atoms with Crippen molar-refractivity contribution in [3.05, 3.63) is 78.6 Å². The lowest BCUT2D eigenvalue weighted by Gasteiger charge is -2.05. The molecule has 0 amide bonds. The predicted octanol–water partition coefficient (Wildman–Crippen LogP) is 3.96. The number of hydrogen-bond donors (Lipinski definition) is 0. The molecule has 0 radical (unpaired) electrons. The summed E-state index contributed by atoms with van der Waals surface area (Å²) in [6.45, 7) is 0. The number of rotatable bonds is 5. The largest absolute Gasteiger partial charge is 0.305 e. The van der Waals surface area contributed by atoms with Gasteiger partial charge in [-0.1, -0.05) is 54.2 Å². The first-order valence-electron chi connectivity index (χ1n) is 7.98. The van der Waals surface area contributed by atoms with Crippen LogP contribution in [0.5, 0.6) is 0 Å². The molecule has 0 atom stereocenters. The molecule has 0 N–H and O–H groups in total. The van der Waals surface area contributed by atoms with Crippen LogP contribution in [0, 0.1) is 0 Å². The standard InChI is InChI=1S/C19H17N5S/c1-23-18(16-6-3-2-4-7-16)21-22-19(23)25-14-15-8-10-17(11-9-15)24-13-5-12-20-24/h2-13H,14H2,1H3. The summed E-state index contributed by atoms with van der Waals surface area (Å²) in [7, 11) is 2.01. The van der Waals surface area contributed by atoms with E-state index >= 15 is 0 Å². The predicted molar refractivity (Wildman–Crippen MR) is 99.6 cm³/mol. The molecule has 0 bridgehead atoms. The van der Waals surface area contributed by atoms with Gasteiger partial charge in [0.15, 0.2) is 11.0 Å². The molecule has 0 fully saturated rings. The molecule has 2 heterocycles. The Labute approximate surface area is 150 Å².